The largest absolute Gasteiger partial charge is 0.497 e. The number of benzene rings is 2. The average Bonchev–Trinajstić information content (AvgIpc) is 3.14. The summed E-state index contributed by atoms with van der Waals surface area (Å²) in [5.74, 6) is -1.59. The minimum absolute atomic E-state index is 0.0274. The number of hydrogen-bond acceptors (Lipinski definition) is 6. The van der Waals surface area contributed by atoms with Crippen LogP contribution in [0.25, 0.3) is 11.1 Å². The van der Waals surface area contributed by atoms with Crippen molar-refractivity contribution in [3.05, 3.63) is 48.5 Å². The van der Waals surface area contributed by atoms with Crippen LogP contribution in [0.15, 0.2) is 53.4 Å². The summed E-state index contributed by atoms with van der Waals surface area (Å²) in [5.41, 5.74) is 0.711. The number of ether oxygens (including phenoxy) is 3. The second kappa shape index (κ2) is 9.30. The zero-order chi connectivity index (χ0) is 24.6. The summed E-state index contributed by atoms with van der Waals surface area (Å²) >= 11 is 0. The topological polar surface area (TPSA) is 102 Å². The summed E-state index contributed by atoms with van der Waals surface area (Å²) < 4.78 is 45.2. The third-order valence-corrected chi connectivity index (χ3v) is 9.02. The second-order valence-electron chi connectivity index (χ2n) is 9.09. The molecule has 1 saturated carbocycles. The van der Waals surface area contributed by atoms with E-state index in [1.165, 1.54) is 19.2 Å². The number of nitrogens with zero attached hydrogens (tertiary/aromatic N) is 1. The molecule has 1 heterocycles. The van der Waals surface area contributed by atoms with Gasteiger partial charge in [-0.2, -0.15) is 4.31 Å². The Morgan fingerprint density at radius 3 is 2.09 bits per heavy atom. The molecule has 2 aromatic carbocycles. The molecule has 0 radical (unpaired) electrons. The van der Waals surface area contributed by atoms with E-state index >= 15 is 0 Å². The first-order chi connectivity index (χ1) is 16.1. The average molecular weight is 490 g/mol. The van der Waals surface area contributed by atoms with E-state index in [9.17, 15) is 18.3 Å². The normalized spacial score (nSPS) is 23.2. The molecule has 2 aromatic rings. The monoisotopic (exact) mass is 489 g/mol. The van der Waals surface area contributed by atoms with Gasteiger partial charge in [-0.3, -0.25) is 4.79 Å². The van der Waals surface area contributed by atoms with Gasteiger partial charge in [0, 0.05) is 18.9 Å². The van der Waals surface area contributed by atoms with E-state index in [2.05, 4.69) is 0 Å². The maximum Gasteiger partial charge on any atom is 0.322 e. The summed E-state index contributed by atoms with van der Waals surface area (Å²) in [6, 6.07) is 12.5. The quantitative estimate of drug-likeness (QED) is 0.632. The highest BCUT2D eigenvalue weighted by Crippen LogP contribution is 2.54. The standard InChI is InChI=1S/C25H31NO7S/c1-24(14-4-15-25(24)32-16-5-17-33-25)22(23(27)28)26(2)34(29,30)21-12-8-19(9-13-21)18-6-10-20(31-3)11-7-18/h6-13,22H,4-5,14-17H2,1-3H3,(H,27,28). The van der Waals surface area contributed by atoms with Crippen LogP contribution < -0.4 is 4.74 Å². The molecule has 1 aliphatic heterocycles. The highest BCUT2D eigenvalue weighted by Gasteiger charge is 2.63. The zero-order valence-corrected chi connectivity index (χ0v) is 20.5. The lowest BCUT2D eigenvalue weighted by Gasteiger charge is -2.49. The Bertz CT molecular complexity index is 1120. The Kier molecular flexibility index (Phi) is 6.74. The Morgan fingerprint density at radius 2 is 1.56 bits per heavy atom. The summed E-state index contributed by atoms with van der Waals surface area (Å²) in [5, 5.41) is 10.2. The van der Waals surface area contributed by atoms with Crippen molar-refractivity contribution in [3.8, 4) is 16.9 Å². The molecular formula is C25H31NO7S. The van der Waals surface area contributed by atoms with Crippen molar-refractivity contribution in [3.63, 3.8) is 0 Å². The lowest BCUT2D eigenvalue weighted by Crippen LogP contribution is -2.62. The van der Waals surface area contributed by atoms with Crippen LogP contribution in [0.2, 0.25) is 0 Å². The van der Waals surface area contributed by atoms with Crippen LogP contribution in [0.3, 0.4) is 0 Å². The van der Waals surface area contributed by atoms with E-state index in [0.29, 0.717) is 32.5 Å². The fraction of sp³-hybridized carbons (Fsp3) is 0.480. The van der Waals surface area contributed by atoms with Gasteiger partial charge in [-0.15, -0.1) is 0 Å². The van der Waals surface area contributed by atoms with Gasteiger partial charge in [0.2, 0.25) is 10.0 Å². The molecule has 1 spiro atoms. The van der Waals surface area contributed by atoms with E-state index in [-0.39, 0.29) is 4.90 Å². The Labute approximate surface area is 200 Å². The molecule has 0 aromatic heterocycles. The van der Waals surface area contributed by atoms with Crippen LogP contribution in [-0.2, 0) is 24.3 Å². The highest BCUT2D eigenvalue weighted by atomic mass is 32.2. The first kappa shape index (κ1) is 24.7. The number of carbonyl (C=O) groups is 1. The molecule has 0 bridgehead atoms. The number of likely N-dealkylation sites (N-methyl/N-ethyl adjacent to an activating group) is 1. The van der Waals surface area contributed by atoms with Crippen LogP contribution in [0, 0.1) is 5.41 Å². The van der Waals surface area contributed by atoms with Crippen LogP contribution in [-0.4, -0.2) is 63.0 Å². The summed E-state index contributed by atoms with van der Waals surface area (Å²) in [6.45, 7) is 2.69. The number of carboxylic acid groups (broad SMARTS) is 1. The fourth-order valence-corrected chi connectivity index (χ4v) is 6.71. The molecule has 1 aliphatic carbocycles. The number of methoxy groups -OCH3 is 1. The first-order valence-corrected chi connectivity index (χ1v) is 12.8. The molecule has 2 aliphatic rings. The Balaban J connectivity index is 1.64. The Hall–Kier alpha value is -2.46. The van der Waals surface area contributed by atoms with E-state index in [4.69, 9.17) is 14.2 Å². The molecule has 2 fully saturated rings. The van der Waals surface area contributed by atoms with Gasteiger partial charge in [-0.25, -0.2) is 8.42 Å². The van der Waals surface area contributed by atoms with Crippen LogP contribution in [0.5, 0.6) is 5.75 Å². The summed E-state index contributed by atoms with van der Waals surface area (Å²) in [6.07, 6.45) is 2.45. The van der Waals surface area contributed by atoms with Crippen molar-refractivity contribution in [1.29, 1.82) is 0 Å². The lowest BCUT2D eigenvalue weighted by atomic mass is 9.75. The van der Waals surface area contributed by atoms with Crippen molar-refractivity contribution < 1.29 is 32.5 Å². The predicted molar refractivity (Wildman–Crippen MR) is 126 cm³/mol. The molecule has 8 nitrogen and oxygen atoms in total. The molecule has 2 unspecified atom stereocenters. The maximum atomic E-state index is 13.5. The molecule has 184 valence electrons. The molecule has 4 rings (SSSR count). The minimum Gasteiger partial charge on any atom is -0.497 e. The van der Waals surface area contributed by atoms with Crippen molar-refractivity contribution >= 4 is 16.0 Å². The fourth-order valence-electron chi connectivity index (χ4n) is 5.30. The van der Waals surface area contributed by atoms with Crippen LogP contribution >= 0.6 is 0 Å². The maximum absolute atomic E-state index is 13.5. The molecule has 1 saturated heterocycles. The van der Waals surface area contributed by atoms with Gasteiger partial charge in [0.15, 0.2) is 5.79 Å². The van der Waals surface area contributed by atoms with Crippen LogP contribution in [0.1, 0.15) is 32.6 Å². The molecule has 1 N–H and O–H groups in total. The van der Waals surface area contributed by atoms with Gasteiger partial charge >= 0.3 is 5.97 Å². The van der Waals surface area contributed by atoms with E-state index in [0.717, 1.165) is 27.6 Å². The molecule has 2 atom stereocenters. The van der Waals surface area contributed by atoms with Gasteiger partial charge in [0.1, 0.15) is 11.8 Å². The molecule has 0 amide bonds. The van der Waals surface area contributed by atoms with E-state index in [1.807, 2.05) is 24.3 Å². The van der Waals surface area contributed by atoms with Gasteiger partial charge < -0.3 is 19.3 Å². The number of rotatable bonds is 7. The number of aliphatic carboxylic acids is 1. The third kappa shape index (κ3) is 4.11. The minimum atomic E-state index is -4.10. The van der Waals surface area contributed by atoms with Crippen LogP contribution in [0.4, 0.5) is 0 Å². The number of sulfonamides is 1. The SMILES string of the molecule is COc1ccc(-c2ccc(S(=O)(=O)N(C)C(C(=O)O)C3(C)CCCC34OCCCO4)cc2)cc1. The predicted octanol–water partition coefficient (Wildman–Crippen LogP) is 3.76. The molecule has 9 heteroatoms. The van der Waals surface area contributed by atoms with Gasteiger partial charge in [0.25, 0.3) is 0 Å². The first-order valence-electron chi connectivity index (χ1n) is 11.4. The van der Waals surface area contributed by atoms with Crippen molar-refractivity contribution in [1.82, 2.24) is 4.31 Å². The Morgan fingerprint density at radius 1 is 1.00 bits per heavy atom. The zero-order valence-electron chi connectivity index (χ0n) is 19.7. The van der Waals surface area contributed by atoms with Gasteiger partial charge in [0.05, 0.1) is 25.2 Å². The van der Waals surface area contributed by atoms with Gasteiger partial charge in [-0.1, -0.05) is 31.2 Å². The molecule has 34 heavy (non-hydrogen) atoms. The van der Waals surface area contributed by atoms with Crippen molar-refractivity contribution in [2.45, 2.75) is 49.3 Å². The van der Waals surface area contributed by atoms with Crippen molar-refractivity contribution in [2.24, 2.45) is 5.41 Å². The van der Waals surface area contributed by atoms with E-state index in [1.54, 1.807) is 26.2 Å². The highest BCUT2D eigenvalue weighted by molar-refractivity contribution is 7.89. The summed E-state index contributed by atoms with van der Waals surface area (Å²) in [7, 11) is -1.18. The summed E-state index contributed by atoms with van der Waals surface area (Å²) in [4.78, 5) is 12.5. The number of hydrogen-bond donors (Lipinski definition) is 1. The third-order valence-electron chi connectivity index (χ3n) is 7.19. The smallest absolute Gasteiger partial charge is 0.322 e. The lowest BCUT2D eigenvalue weighted by molar-refractivity contribution is -0.315. The number of carboxylic acids is 1. The van der Waals surface area contributed by atoms with E-state index < -0.39 is 33.2 Å². The van der Waals surface area contributed by atoms with Gasteiger partial charge in [-0.05, 0) is 54.7 Å². The second-order valence-corrected chi connectivity index (χ2v) is 11.1. The van der Waals surface area contributed by atoms with Crippen molar-refractivity contribution in [2.75, 3.05) is 27.4 Å². The molecular weight excluding hydrogens is 458 g/mol.